The number of carbonyl (C=O) groups excluding carboxylic acids is 2. The molecule has 30 heavy (non-hydrogen) atoms. The van der Waals surface area contributed by atoms with Gasteiger partial charge in [0.2, 0.25) is 21.8 Å². The fourth-order valence-electron chi connectivity index (χ4n) is 2.85. The molecule has 0 aliphatic heterocycles. The van der Waals surface area contributed by atoms with Crippen LogP contribution in [0.3, 0.4) is 0 Å². The maximum absolute atomic E-state index is 13.2. The summed E-state index contributed by atoms with van der Waals surface area (Å²) in [6.07, 6.45) is 0.973. The number of benzene rings is 2. The molecule has 0 spiro atoms. The van der Waals surface area contributed by atoms with Crippen molar-refractivity contribution in [2.45, 2.75) is 19.5 Å². The van der Waals surface area contributed by atoms with E-state index >= 15 is 0 Å². The maximum atomic E-state index is 13.2. The molecule has 1 N–H and O–H groups in total. The van der Waals surface area contributed by atoms with Gasteiger partial charge in [-0.1, -0.05) is 59.6 Å². The number of likely N-dealkylation sites (N-methyl/N-ethyl adjacent to an activating group) is 1. The minimum atomic E-state index is -3.87. The van der Waals surface area contributed by atoms with Crippen LogP contribution in [0, 0.1) is 0 Å². The first-order chi connectivity index (χ1) is 14.1. The number of rotatable bonds is 8. The Morgan fingerprint density at radius 2 is 1.70 bits per heavy atom. The van der Waals surface area contributed by atoms with Crippen LogP contribution in [-0.2, 0) is 26.2 Å². The van der Waals surface area contributed by atoms with Crippen LogP contribution in [-0.4, -0.2) is 51.0 Å². The minimum Gasteiger partial charge on any atom is -0.357 e. The van der Waals surface area contributed by atoms with Gasteiger partial charge in [-0.2, -0.15) is 0 Å². The molecule has 0 fully saturated rings. The quantitative estimate of drug-likeness (QED) is 0.640. The lowest BCUT2D eigenvalue weighted by Crippen LogP contribution is -2.50. The van der Waals surface area contributed by atoms with E-state index in [1.54, 1.807) is 13.0 Å². The first kappa shape index (κ1) is 24.0. The first-order valence-corrected chi connectivity index (χ1v) is 11.6. The van der Waals surface area contributed by atoms with Crippen molar-refractivity contribution in [2.75, 3.05) is 24.2 Å². The SMILES string of the molecule is CNC(=O)[C@@H](C)N(Cc1ccccc1)C(=O)CN(c1cccc(Cl)c1Cl)S(C)(=O)=O. The highest BCUT2D eigenvalue weighted by Gasteiger charge is 2.30. The molecule has 0 saturated carbocycles. The summed E-state index contributed by atoms with van der Waals surface area (Å²) in [7, 11) is -2.40. The molecule has 0 unspecified atom stereocenters. The van der Waals surface area contributed by atoms with E-state index in [0.717, 1.165) is 16.1 Å². The number of halogens is 2. The third-order valence-electron chi connectivity index (χ3n) is 4.49. The van der Waals surface area contributed by atoms with Gasteiger partial charge in [-0.25, -0.2) is 8.42 Å². The van der Waals surface area contributed by atoms with Gasteiger partial charge in [0.05, 0.1) is 22.0 Å². The number of amides is 2. The van der Waals surface area contributed by atoms with E-state index in [1.165, 1.54) is 24.1 Å². The molecule has 10 heteroatoms. The number of nitrogens with one attached hydrogen (secondary N) is 1. The summed E-state index contributed by atoms with van der Waals surface area (Å²) in [5, 5.41) is 2.70. The van der Waals surface area contributed by atoms with Crippen molar-refractivity contribution in [1.29, 1.82) is 0 Å². The lowest BCUT2D eigenvalue weighted by atomic mass is 10.1. The van der Waals surface area contributed by atoms with Crippen molar-refractivity contribution in [3.63, 3.8) is 0 Å². The third-order valence-corrected chi connectivity index (χ3v) is 6.42. The molecule has 0 aromatic heterocycles. The standard InChI is InChI=1S/C20H23Cl2N3O4S/c1-14(20(27)23-2)24(12-15-8-5-4-6-9-15)18(26)13-25(30(3,28)29)17-11-7-10-16(21)19(17)22/h4-11,14H,12-13H2,1-3H3,(H,23,27)/t14-/m1/s1. The first-order valence-electron chi connectivity index (χ1n) is 9.03. The zero-order chi connectivity index (χ0) is 22.5. The van der Waals surface area contributed by atoms with E-state index < -0.39 is 28.5 Å². The van der Waals surface area contributed by atoms with Crippen molar-refractivity contribution in [2.24, 2.45) is 0 Å². The molecular formula is C20H23Cl2N3O4S. The number of nitrogens with zero attached hydrogens (tertiary/aromatic N) is 2. The Bertz CT molecular complexity index is 1020. The number of hydrogen-bond acceptors (Lipinski definition) is 4. The van der Waals surface area contributed by atoms with Crippen LogP contribution in [0.1, 0.15) is 12.5 Å². The van der Waals surface area contributed by atoms with E-state index in [0.29, 0.717) is 0 Å². The zero-order valence-electron chi connectivity index (χ0n) is 16.8. The van der Waals surface area contributed by atoms with Gasteiger partial charge in [0, 0.05) is 13.6 Å². The summed E-state index contributed by atoms with van der Waals surface area (Å²) in [6.45, 7) is 1.18. The zero-order valence-corrected chi connectivity index (χ0v) is 19.1. The van der Waals surface area contributed by atoms with E-state index in [-0.39, 0.29) is 28.2 Å². The Balaban J connectivity index is 2.41. The molecule has 0 bridgehead atoms. The molecule has 162 valence electrons. The Morgan fingerprint density at radius 3 is 2.27 bits per heavy atom. The van der Waals surface area contributed by atoms with Crippen LogP contribution >= 0.6 is 23.2 Å². The van der Waals surface area contributed by atoms with Crippen molar-refractivity contribution >= 4 is 50.7 Å². The van der Waals surface area contributed by atoms with Gasteiger partial charge >= 0.3 is 0 Å². The number of hydrogen-bond donors (Lipinski definition) is 1. The van der Waals surface area contributed by atoms with Gasteiger partial charge in [-0.3, -0.25) is 13.9 Å². The summed E-state index contributed by atoms with van der Waals surface area (Å²) in [4.78, 5) is 26.7. The monoisotopic (exact) mass is 471 g/mol. The summed E-state index contributed by atoms with van der Waals surface area (Å²) >= 11 is 12.2. The van der Waals surface area contributed by atoms with Crippen LogP contribution in [0.15, 0.2) is 48.5 Å². The molecule has 2 amide bonds. The highest BCUT2D eigenvalue weighted by atomic mass is 35.5. The predicted molar refractivity (Wildman–Crippen MR) is 119 cm³/mol. The maximum Gasteiger partial charge on any atom is 0.244 e. The van der Waals surface area contributed by atoms with E-state index in [2.05, 4.69) is 5.32 Å². The largest absolute Gasteiger partial charge is 0.357 e. The number of sulfonamides is 1. The summed E-state index contributed by atoms with van der Waals surface area (Å²) in [6, 6.07) is 12.8. The Morgan fingerprint density at radius 1 is 1.07 bits per heavy atom. The number of carbonyl (C=O) groups is 2. The second kappa shape index (κ2) is 10.1. The normalized spacial score (nSPS) is 12.2. The van der Waals surface area contributed by atoms with Gasteiger partial charge in [0.25, 0.3) is 0 Å². The smallest absolute Gasteiger partial charge is 0.244 e. The number of anilines is 1. The summed E-state index contributed by atoms with van der Waals surface area (Å²) in [5.41, 5.74) is 0.889. The van der Waals surface area contributed by atoms with Gasteiger partial charge in [-0.05, 0) is 24.6 Å². The topological polar surface area (TPSA) is 86.8 Å². The molecule has 0 aliphatic carbocycles. The van der Waals surface area contributed by atoms with Crippen LogP contribution < -0.4 is 9.62 Å². The molecule has 1 atom stereocenters. The molecular weight excluding hydrogens is 449 g/mol. The average Bonchev–Trinajstić information content (AvgIpc) is 2.71. The molecule has 2 aromatic carbocycles. The van der Waals surface area contributed by atoms with E-state index in [9.17, 15) is 18.0 Å². The van der Waals surface area contributed by atoms with Crippen molar-refractivity contribution in [3.8, 4) is 0 Å². The Hall–Kier alpha value is -2.29. The molecule has 2 aromatic rings. The highest BCUT2D eigenvalue weighted by Crippen LogP contribution is 2.33. The van der Waals surface area contributed by atoms with Gasteiger partial charge in [0.1, 0.15) is 12.6 Å². The van der Waals surface area contributed by atoms with Crippen molar-refractivity contribution in [3.05, 3.63) is 64.1 Å². The molecule has 0 heterocycles. The molecule has 0 radical (unpaired) electrons. The van der Waals surface area contributed by atoms with Crippen LogP contribution in [0.25, 0.3) is 0 Å². The van der Waals surface area contributed by atoms with Crippen LogP contribution in [0.4, 0.5) is 5.69 Å². The lowest BCUT2D eigenvalue weighted by molar-refractivity contribution is -0.139. The Kier molecular flexibility index (Phi) is 8.11. The predicted octanol–water partition coefficient (Wildman–Crippen LogP) is 2.92. The van der Waals surface area contributed by atoms with E-state index in [1.807, 2.05) is 30.3 Å². The van der Waals surface area contributed by atoms with Crippen molar-refractivity contribution in [1.82, 2.24) is 10.2 Å². The second-order valence-electron chi connectivity index (χ2n) is 6.64. The second-order valence-corrected chi connectivity index (χ2v) is 9.33. The summed E-state index contributed by atoms with van der Waals surface area (Å²) in [5.74, 6) is -0.928. The molecule has 2 rings (SSSR count). The van der Waals surface area contributed by atoms with Crippen LogP contribution in [0.5, 0.6) is 0 Å². The third kappa shape index (κ3) is 5.87. The molecule has 7 nitrogen and oxygen atoms in total. The van der Waals surface area contributed by atoms with Crippen LogP contribution in [0.2, 0.25) is 10.0 Å². The Labute approximate surface area is 186 Å². The lowest BCUT2D eigenvalue weighted by Gasteiger charge is -2.31. The average molecular weight is 472 g/mol. The highest BCUT2D eigenvalue weighted by molar-refractivity contribution is 7.92. The van der Waals surface area contributed by atoms with Gasteiger partial charge in [0.15, 0.2) is 0 Å². The molecule has 0 aliphatic rings. The van der Waals surface area contributed by atoms with E-state index in [4.69, 9.17) is 23.2 Å². The fraction of sp³-hybridized carbons (Fsp3) is 0.300. The fourth-order valence-corrected chi connectivity index (χ4v) is 4.15. The summed E-state index contributed by atoms with van der Waals surface area (Å²) < 4.78 is 25.8. The van der Waals surface area contributed by atoms with Gasteiger partial charge < -0.3 is 10.2 Å². The molecule has 0 saturated heterocycles. The van der Waals surface area contributed by atoms with Crippen molar-refractivity contribution < 1.29 is 18.0 Å². The van der Waals surface area contributed by atoms with Gasteiger partial charge in [-0.15, -0.1) is 0 Å². The minimum absolute atomic E-state index is 0.0198.